The van der Waals surface area contributed by atoms with Gasteiger partial charge in [0.2, 0.25) is 5.91 Å². The third-order valence-electron chi connectivity index (χ3n) is 4.44. The molecular weight excluding hydrogens is 226 g/mol. The van der Waals surface area contributed by atoms with Gasteiger partial charge < -0.3 is 10.2 Å². The van der Waals surface area contributed by atoms with Crippen LogP contribution in [0.15, 0.2) is 0 Å². The fraction of sp³-hybridized carbons (Fsp3) is 0.929. The summed E-state index contributed by atoms with van der Waals surface area (Å²) in [5, 5.41) is 3.42. The predicted molar refractivity (Wildman–Crippen MR) is 73.5 cm³/mol. The molecule has 2 heterocycles. The van der Waals surface area contributed by atoms with Crippen LogP contribution < -0.4 is 5.32 Å². The van der Waals surface area contributed by atoms with E-state index in [-0.39, 0.29) is 5.92 Å². The highest BCUT2D eigenvalue weighted by molar-refractivity contribution is 5.79. The van der Waals surface area contributed by atoms with Crippen LogP contribution in [-0.4, -0.2) is 60.5 Å². The van der Waals surface area contributed by atoms with Gasteiger partial charge in [0.25, 0.3) is 0 Å². The summed E-state index contributed by atoms with van der Waals surface area (Å²) in [5.74, 6) is 0.572. The summed E-state index contributed by atoms with van der Waals surface area (Å²) < 4.78 is 0. The van der Waals surface area contributed by atoms with Crippen molar-refractivity contribution in [1.29, 1.82) is 0 Å². The number of carbonyl (C=O) groups is 1. The second-order valence-electron chi connectivity index (χ2n) is 5.95. The minimum atomic E-state index is 0.198. The normalized spacial score (nSPS) is 30.8. The van der Waals surface area contributed by atoms with Crippen LogP contribution in [0.25, 0.3) is 0 Å². The van der Waals surface area contributed by atoms with Gasteiger partial charge in [-0.05, 0) is 40.2 Å². The van der Waals surface area contributed by atoms with Crippen molar-refractivity contribution in [2.75, 3.05) is 32.7 Å². The first-order valence-corrected chi connectivity index (χ1v) is 7.36. The molecule has 2 aliphatic rings. The molecule has 0 radical (unpaired) electrons. The van der Waals surface area contributed by atoms with Gasteiger partial charge in [-0.25, -0.2) is 0 Å². The van der Waals surface area contributed by atoms with Crippen LogP contribution >= 0.6 is 0 Å². The lowest BCUT2D eigenvalue weighted by atomic mass is 9.90. The molecule has 2 aliphatic heterocycles. The van der Waals surface area contributed by atoms with Crippen LogP contribution in [0.1, 0.15) is 33.6 Å². The second kappa shape index (κ2) is 6.02. The minimum Gasteiger partial charge on any atom is -0.340 e. The molecule has 1 N–H and O–H groups in total. The number of carbonyl (C=O) groups excluding carboxylic acids is 1. The van der Waals surface area contributed by atoms with E-state index in [1.54, 1.807) is 0 Å². The third-order valence-corrected chi connectivity index (χ3v) is 4.44. The molecule has 2 unspecified atom stereocenters. The highest BCUT2D eigenvalue weighted by Crippen LogP contribution is 2.20. The number of hydrogen-bond donors (Lipinski definition) is 1. The first-order valence-electron chi connectivity index (χ1n) is 7.36. The molecule has 4 heteroatoms. The summed E-state index contributed by atoms with van der Waals surface area (Å²) in [7, 11) is 0. The van der Waals surface area contributed by atoms with Gasteiger partial charge in [0.15, 0.2) is 0 Å². The van der Waals surface area contributed by atoms with Gasteiger partial charge >= 0.3 is 0 Å². The second-order valence-corrected chi connectivity index (χ2v) is 5.95. The zero-order valence-electron chi connectivity index (χ0n) is 12.0. The quantitative estimate of drug-likeness (QED) is 0.795. The highest BCUT2D eigenvalue weighted by Gasteiger charge is 2.32. The lowest BCUT2D eigenvalue weighted by Crippen LogP contribution is -2.55. The van der Waals surface area contributed by atoms with E-state index in [1.165, 1.54) is 0 Å². The lowest BCUT2D eigenvalue weighted by molar-refractivity contribution is -0.139. The van der Waals surface area contributed by atoms with Gasteiger partial charge in [-0.2, -0.15) is 0 Å². The maximum Gasteiger partial charge on any atom is 0.227 e. The van der Waals surface area contributed by atoms with E-state index in [1.807, 2.05) is 0 Å². The van der Waals surface area contributed by atoms with Crippen LogP contribution in [0.3, 0.4) is 0 Å². The SMILES string of the molecule is CC1NCCCC1C(=O)N1CCN(C(C)C)CC1. The molecule has 18 heavy (non-hydrogen) atoms. The van der Waals surface area contributed by atoms with Gasteiger partial charge in [-0.1, -0.05) is 0 Å². The Balaban J connectivity index is 1.87. The average Bonchev–Trinajstić information content (AvgIpc) is 2.38. The highest BCUT2D eigenvalue weighted by atomic mass is 16.2. The lowest BCUT2D eigenvalue weighted by Gasteiger charge is -2.40. The van der Waals surface area contributed by atoms with E-state index in [9.17, 15) is 4.79 Å². The van der Waals surface area contributed by atoms with Crippen molar-refractivity contribution in [2.24, 2.45) is 5.92 Å². The van der Waals surface area contributed by atoms with E-state index < -0.39 is 0 Å². The van der Waals surface area contributed by atoms with Crippen LogP contribution in [0.2, 0.25) is 0 Å². The molecule has 0 aromatic rings. The largest absolute Gasteiger partial charge is 0.340 e. The molecule has 0 aromatic carbocycles. The maximum absolute atomic E-state index is 12.5. The summed E-state index contributed by atoms with van der Waals surface area (Å²) >= 11 is 0. The summed E-state index contributed by atoms with van der Waals surface area (Å²) in [6.45, 7) is 11.5. The molecule has 2 atom stereocenters. The Bertz CT molecular complexity index is 285. The van der Waals surface area contributed by atoms with Crippen molar-refractivity contribution in [3.63, 3.8) is 0 Å². The molecule has 0 saturated carbocycles. The fourth-order valence-corrected chi connectivity index (χ4v) is 3.07. The zero-order valence-corrected chi connectivity index (χ0v) is 12.0. The first kappa shape index (κ1) is 13.8. The van der Waals surface area contributed by atoms with E-state index in [2.05, 4.69) is 35.9 Å². The maximum atomic E-state index is 12.5. The summed E-state index contributed by atoms with van der Waals surface area (Å²) in [4.78, 5) is 17.0. The fourth-order valence-electron chi connectivity index (χ4n) is 3.07. The number of rotatable bonds is 2. The zero-order chi connectivity index (χ0) is 13.1. The molecule has 4 nitrogen and oxygen atoms in total. The molecule has 2 fully saturated rings. The van der Waals surface area contributed by atoms with Crippen molar-refractivity contribution >= 4 is 5.91 Å². The number of amides is 1. The monoisotopic (exact) mass is 253 g/mol. The van der Waals surface area contributed by atoms with Crippen molar-refractivity contribution in [2.45, 2.75) is 45.7 Å². The molecule has 0 spiro atoms. The number of nitrogens with zero attached hydrogens (tertiary/aromatic N) is 2. The predicted octanol–water partition coefficient (Wildman–Crippen LogP) is 0.927. The molecule has 2 rings (SSSR count). The Kier molecular flexibility index (Phi) is 4.62. The van der Waals surface area contributed by atoms with Crippen molar-refractivity contribution in [3.05, 3.63) is 0 Å². The van der Waals surface area contributed by atoms with Crippen molar-refractivity contribution < 1.29 is 4.79 Å². The van der Waals surface area contributed by atoms with Crippen molar-refractivity contribution in [3.8, 4) is 0 Å². The van der Waals surface area contributed by atoms with Gasteiger partial charge in [0, 0.05) is 38.3 Å². The Labute approximate surface area is 111 Å². The summed E-state index contributed by atoms with van der Waals surface area (Å²) in [6.07, 6.45) is 2.18. The standard InChI is InChI=1S/C14H27N3O/c1-11(2)16-7-9-17(10-8-16)14(18)13-5-4-6-15-12(13)3/h11-13,15H,4-10H2,1-3H3. The van der Waals surface area contributed by atoms with Gasteiger partial charge in [-0.15, -0.1) is 0 Å². The number of hydrogen-bond acceptors (Lipinski definition) is 3. The van der Waals surface area contributed by atoms with E-state index in [4.69, 9.17) is 0 Å². The van der Waals surface area contributed by atoms with Crippen LogP contribution in [0.4, 0.5) is 0 Å². The first-order chi connectivity index (χ1) is 8.59. The molecule has 0 bridgehead atoms. The number of nitrogens with one attached hydrogen (secondary N) is 1. The van der Waals surface area contributed by atoms with E-state index >= 15 is 0 Å². The van der Waals surface area contributed by atoms with Gasteiger partial charge in [0.05, 0.1) is 5.92 Å². The smallest absolute Gasteiger partial charge is 0.227 e. The minimum absolute atomic E-state index is 0.198. The Morgan fingerprint density at radius 2 is 1.89 bits per heavy atom. The summed E-state index contributed by atoms with van der Waals surface area (Å²) in [5.41, 5.74) is 0. The Morgan fingerprint density at radius 3 is 2.44 bits per heavy atom. The molecule has 2 saturated heterocycles. The number of piperidine rings is 1. The van der Waals surface area contributed by atoms with Crippen LogP contribution in [0, 0.1) is 5.92 Å². The Morgan fingerprint density at radius 1 is 1.22 bits per heavy atom. The van der Waals surface area contributed by atoms with Crippen LogP contribution in [-0.2, 0) is 4.79 Å². The van der Waals surface area contributed by atoms with Crippen molar-refractivity contribution in [1.82, 2.24) is 15.1 Å². The molecule has 0 aromatic heterocycles. The molecule has 1 amide bonds. The van der Waals surface area contributed by atoms with Crippen LogP contribution in [0.5, 0.6) is 0 Å². The number of piperazine rings is 1. The van der Waals surface area contributed by atoms with Gasteiger partial charge in [-0.3, -0.25) is 9.69 Å². The topological polar surface area (TPSA) is 35.6 Å². The van der Waals surface area contributed by atoms with E-state index in [0.29, 0.717) is 18.0 Å². The summed E-state index contributed by atoms with van der Waals surface area (Å²) in [6, 6.07) is 0.937. The van der Waals surface area contributed by atoms with Gasteiger partial charge in [0.1, 0.15) is 0 Å². The Hall–Kier alpha value is -0.610. The molecule has 104 valence electrons. The molecular formula is C14H27N3O. The third kappa shape index (κ3) is 3.04. The molecule has 0 aliphatic carbocycles. The average molecular weight is 253 g/mol. The van der Waals surface area contributed by atoms with E-state index in [0.717, 1.165) is 45.6 Å².